The largest absolute Gasteiger partial charge is 0.389 e. The fourth-order valence-electron chi connectivity index (χ4n) is 1.97. The molecule has 0 aromatic rings. The molecule has 4 N–H and O–H groups in total. The Morgan fingerprint density at radius 2 is 2.07 bits per heavy atom. The molecule has 0 saturated carbocycles. The van der Waals surface area contributed by atoms with Crippen LogP contribution in [0.5, 0.6) is 0 Å². The molecule has 2 heterocycles. The van der Waals surface area contributed by atoms with Gasteiger partial charge in [-0.1, -0.05) is 0 Å². The molecular weight excluding hydrogens is 202 g/mol. The Labute approximate surface area is 87.9 Å². The summed E-state index contributed by atoms with van der Waals surface area (Å²) >= 11 is 0. The Bertz CT molecular complexity index is 247. The summed E-state index contributed by atoms with van der Waals surface area (Å²) in [6, 6.07) is 0. The summed E-state index contributed by atoms with van der Waals surface area (Å²) < 4.78 is 16.2. The van der Waals surface area contributed by atoms with Crippen molar-refractivity contribution in [3.8, 4) is 0 Å². The number of ether oxygens (including phenoxy) is 3. The fourth-order valence-corrected chi connectivity index (χ4v) is 1.97. The molecule has 2 saturated heterocycles. The molecular formula is C9H17NO5. The Hall–Kier alpha value is -0.240. The second-order valence-electron chi connectivity index (χ2n) is 4.36. The van der Waals surface area contributed by atoms with Gasteiger partial charge in [-0.3, -0.25) is 0 Å². The maximum atomic E-state index is 9.85. The zero-order valence-corrected chi connectivity index (χ0v) is 8.79. The van der Waals surface area contributed by atoms with Crippen LogP contribution in [0, 0.1) is 0 Å². The smallest absolute Gasteiger partial charge is 0.190 e. The predicted molar refractivity (Wildman–Crippen MR) is 49.8 cm³/mol. The van der Waals surface area contributed by atoms with Crippen molar-refractivity contribution < 1.29 is 24.4 Å². The third kappa shape index (κ3) is 1.89. The molecule has 2 rings (SSSR count). The van der Waals surface area contributed by atoms with Crippen molar-refractivity contribution in [1.82, 2.24) is 0 Å². The first-order valence-corrected chi connectivity index (χ1v) is 5.02. The molecule has 6 heteroatoms. The molecule has 0 aliphatic carbocycles. The predicted octanol–water partition coefficient (Wildman–Crippen LogP) is -1.46. The van der Waals surface area contributed by atoms with Gasteiger partial charge in [0.15, 0.2) is 12.1 Å². The van der Waals surface area contributed by atoms with Crippen LogP contribution in [0.1, 0.15) is 13.8 Å². The lowest BCUT2D eigenvalue weighted by Crippen LogP contribution is -2.43. The standard InChI is InChI=1S/C9H17NO5/c1-9(2)14-7-5(12)6(4(11)3-10)13-8(7)15-9/h4-8,11-12H,3,10H2,1-2H3/t4-,5-,6+,7+,8+/m0/s1. The molecule has 0 aromatic heterocycles. The van der Waals surface area contributed by atoms with E-state index < -0.39 is 36.5 Å². The summed E-state index contributed by atoms with van der Waals surface area (Å²) in [5, 5.41) is 19.3. The SMILES string of the molecule is CC1(C)O[C@H]2O[C@H]([C@@H](O)CN)[C@H](O)[C@H]2O1. The van der Waals surface area contributed by atoms with Crippen molar-refractivity contribution in [2.24, 2.45) is 5.73 Å². The minimum absolute atomic E-state index is 0.0323. The van der Waals surface area contributed by atoms with Crippen molar-refractivity contribution in [2.75, 3.05) is 6.54 Å². The van der Waals surface area contributed by atoms with Gasteiger partial charge in [0.25, 0.3) is 0 Å². The van der Waals surface area contributed by atoms with Gasteiger partial charge in [0.05, 0.1) is 6.10 Å². The number of rotatable bonds is 2. The van der Waals surface area contributed by atoms with Gasteiger partial charge in [0.1, 0.15) is 18.3 Å². The van der Waals surface area contributed by atoms with Crippen molar-refractivity contribution in [2.45, 2.75) is 50.3 Å². The highest BCUT2D eigenvalue weighted by molar-refractivity contribution is 4.95. The molecule has 2 fully saturated rings. The molecule has 2 aliphatic heterocycles. The second kappa shape index (κ2) is 3.65. The van der Waals surface area contributed by atoms with Crippen LogP contribution in [0.3, 0.4) is 0 Å². The normalized spacial score (nSPS) is 45.4. The molecule has 0 spiro atoms. The number of hydrogen-bond donors (Lipinski definition) is 3. The van der Waals surface area contributed by atoms with E-state index in [4.69, 9.17) is 19.9 Å². The van der Waals surface area contributed by atoms with Gasteiger partial charge < -0.3 is 30.2 Å². The highest BCUT2D eigenvalue weighted by Gasteiger charge is 2.55. The lowest BCUT2D eigenvalue weighted by Gasteiger charge is -2.25. The first kappa shape index (κ1) is 11.3. The molecule has 5 atom stereocenters. The van der Waals surface area contributed by atoms with E-state index in [1.807, 2.05) is 0 Å². The topological polar surface area (TPSA) is 94.2 Å². The van der Waals surface area contributed by atoms with E-state index in [9.17, 15) is 10.2 Å². The number of aliphatic hydroxyl groups excluding tert-OH is 2. The Balaban J connectivity index is 2.05. The summed E-state index contributed by atoms with van der Waals surface area (Å²) in [6.07, 6.45) is -3.72. The average molecular weight is 219 g/mol. The van der Waals surface area contributed by atoms with Crippen LogP contribution in [0.2, 0.25) is 0 Å². The van der Waals surface area contributed by atoms with E-state index in [1.54, 1.807) is 13.8 Å². The van der Waals surface area contributed by atoms with Crippen LogP contribution >= 0.6 is 0 Å². The summed E-state index contributed by atoms with van der Waals surface area (Å²) in [5.74, 6) is -0.755. The van der Waals surface area contributed by atoms with Crippen LogP contribution in [-0.4, -0.2) is 53.3 Å². The minimum Gasteiger partial charge on any atom is -0.389 e. The third-order valence-electron chi connectivity index (χ3n) is 2.67. The van der Waals surface area contributed by atoms with Gasteiger partial charge in [-0.2, -0.15) is 0 Å². The zero-order valence-electron chi connectivity index (χ0n) is 8.79. The van der Waals surface area contributed by atoms with Crippen molar-refractivity contribution in [3.63, 3.8) is 0 Å². The van der Waals surface area contributed by atoms with Gasteiger partial charge >= 0.3 is 0 Å². The summed E-state index contributed by atoms with van der Waals surface area (Å²) in [7, 11) is 0. The average Bonchev–Trinajstić information content (AvgIpc) is 2.60. The monoisotopic (exact) mass is 219 g/mol. The van der Waals surface area contributed by atoms with E-state index in [0.29, 0.717) is 0 Å². The molecule has 15 heavy (non-hydrogen) atoms. The molecule has 0 radical (unpaired) electrons. The lowest BCUT2D eigenvalue weighted by molar-refractivity contribution is -0.225. The number of fused-ring (bicyclic) bond motifs is 1. The molecule has 6 nitrogen and oxygen atoms in total. The Morgan fingerprint density at radius 1 is 1.40 bits per heavy atom. The van der Waals surface area contributed by atoms with Gasteiger partial charge in [0.2, 0.25) is 0 Å². The van der Waals surface area contributed by atoms with Gasteiger partial charge in [0, 0.05) is 6.54 Å². The number of nitrogens with two attached hydrogens (primary N) is 1. The van der Waals surface area contributed by atoms with E-state index in [1.165, 1.54) is 0 Å². The van der Waals surface area contributed by atoms with E-state index in [2.05, 4.69) is 0 Å². The molecule has 0 unspecified atom stereocenters. The lowest BCUT2D eigenvalue weighted by atomic mass is 10.1. The zero-order chi connectivity index (χ0) is 11.2. The van der Waals surface area contributed by atoms with Crippen LogP contribution < -0.4 is 5.73 Å². The molecule has 0 bridgehead atoms. The summed E-state index contributed by atoms with van der Waals surface area (Å²) in [4.78, 5) is 0. The van der Waals surface area contributed by atoms with Crippen molar-refractivity contribution >= 4 is 0 Å². The maximum absolute atomic E-state index is 9.85. The first-order chi connectivity index (χ1) is 6.94. The molecule has 0 aromatic carbocycles. The van der Waals surface area contributed by atoms with E-state index in [0.717, 1.165) is 0 Å². The molecule has 88 valence electrons. The Morgan fingerprint density at radius 3 is 2.60 bits per heavy atom. The van der Waals surface area contributed by atoms with Gasteiger partial charge in [-0.25, -0.2) is 0 Å². The fraction of sp³-hybridized carbons (Fsp3) is 1.00. The van der Waals surface area contributed by atoms with E-state index in [-0.39, 0.29) is 6.54 Å². The molecule has 2 aliphatic rings. The quantitative estimate of drug-likeness (QED) is 0.525. The number of aliphatic hydroxyl groups is 2. The van der Waals surface area contributed by atoms with Crippen LogP contribution in [-0.2, 0) is 14.2 Å². The Kier molecular flexibility index (Phi) is 2.74. The molecule has 0 amide bonds. The highest BCUT2D eigenvalue weighted by Crippen LogP contribution is 2.37. The van der Waals surface area contributed by atoms with E-state index >= 15 is 0 Å². The van der Waals surface area contributed by atoms with Gasteiger partial charge in [-0.15, -0.1) is 0 Å². The minimum atomic E-state index is -0.907. The summed E-state index contributed by atoms with van der Waals surface area (Å²) in [6.45, 7) is 3.52. The number of hydrogen-bond acceptors (Lipinski definition) is 6. The summed E-state index contributed by atoms with van der Waals surface area (Å²) in [5.41, 5.74) is 5.29. The van der Waals surface area contributed by atoms with Crippen LogP contribution in [0.25, 0.3) is 0 Å². The third-order valence-corrected chi connectivity index (χ3v) is 2.67. The van der Waals surface area contributed by atoms with Crippen LogP contribution in [0.15, 0.2) is 0 Å². The first-order valence-electron chi connectivity index (χ1n) is 5.02. The highest BCUT2D eigenvalue weighted by atomic mass is 16.8. The maximum Gasteiger partial charge on any atom is 0.190 e. The van der Waals surface area contributed by atoms with Crippen molar-refractivity contribution in [1.29, 1.82) is 0 Å². The second-order valence-corrected chi connectivity index (χ2v) is 4.36. The van der Waals surface area contributed by atoms with Crippen molar-refractivity contribution in [3.05, 3.63) is 0 Å². The van der Waals surface area contributed by atoms with Crippen LogP contribution in [0.4, 0.5) is 0 Å². The van der Waals surface area contributed by atoms with Gasteiger partial charge in [-0.05, 0) is 13.8 Å².